The molecule has 0 aromatic heterocycles. The van der Waals surface area contributed by atoms with Crippen molar-refractivity contribution in [2.75, 3.05) is 13.1 Å². The molecule has 1 heterocycles. The van der Waals surface area contributed by atoms with Crippen LogP contribution in [0.4, 0.5) is 0 Å². The summed E-state index contributed by atoms with van der Waals surface area (Å²) < 4.78 is 0. The summed E-state index contributed by atoms with van der Waals surface area (Å²) in [5.41, 5.74) is 0. The van der Waals surface area contributed by atoms with Crippen LogP contribution in [0, 0.1) is 0 Å². The molecule has 0 unspecified atom stereocenters. The molecule has 0 bridgehead atoms. The third kappa shape index (κ3) is 2.38. The zero-order chi connectivity index (χ0) is 10.7. The van der Waals surface area contributed by atoms with E-state index in [1.807, 2.05) is 0 Å². The normalized spacial score (nSPS) is 16.4. The first-order valence-corrected chi connectivity index (χ1v) is 4.14. The Morgan fingerprint density at radius 1 is 1.14 bits per heavy atom. The Morgan fingerprint density at radius 3 is 1.79 bits per heavy atom. The summed E-state index contributed by atoms with van der Waals surface area (Å²) in [7, 11) is 0. The fourth-order valence-electron chi connectivity index (χ4n) is 1.29. The van der Waals surface area contributed by atoms with Crippen LogP contribution in [0.3, 0.4) is 0 Å². The Morgan fingerprint density at radius 2 is 1.50 bits per heavy atom. The number of rotatable bonds is 4. The molecule has 1 rings (SSSR count). The molecule has 1 aliphatic heterocycles. The van der Waals surface area contributed by atoms with Gasteiger partial charge in [-0.2, -0.15) is 0 Å². The highest BCUT2D eigenvalue weighted by molar-refractivity contribution is 5.70. The van der Waals surface area contributed by atoms with Crippen LogP contribution < -0.4 is 0 Å². The maximum Gasteiger partial charge on any atom is 0.323 e. The van der Waals surface area contributed by atoms with Gasteiger partial charge in [0.1, 0.15) is 13.1 Å². The van der Waals surface area contributed by atoms with Gasteiger partial charge in [-0.05, 0) is 6.92 Å². The first-order valence-electron chi connectivity index (χ1n) is 4.14. The number of carbonyl (C=O) groups is 2. The summed E-state index contributed by atoms with van der Waals surface area (Å²) in [5.74, 6) is -1.86. The third-order valence-electron chi connectivity index (χ3n) is 2.05. The second-order valence-corrected chi connectivity index (χ2v) is 3.06. The molecule has 0 amide bonds. The Balaban J connectivity index is 2.51. The minimum atomic E-state index is -0.932. The maximum absolute atomic E-state index is 10.4. The zero-order valence-electron chi connectivity index (χ0n) is 7.75. The first kappa shape index (κ1) is 10.4. The molecular formula is C8H12N2O4. The van der Waals surface area contributed by atoms with Gasteiger partial charge in [0.2, 0.25) is 0 Å². The second kappa shape index (κ2) is 3.99. The smallest absolute Gasteiger partial charge is 0.323 e. The van der Waals surface area contributed by atoms with E-state index >= 15 is 0 Å². The van der Waals surface area contributed by atoms with Crippen LogP contribution in [0.2, 0.25) is 0 Å². The lowest BCUT2D eigenvalue weighted by atomic mass is 10.4. The number of aliphatic carboxylic acids is 2. The van der Waals surface area contributed by atoms with Gasteiger partial charge in [0.25, 0.3) is 0 Å². The average Bonchev–Trinajstić information content (AvgIpc) is 2.34. The highest BCUT2D eigenvalue weighted by atomic mass is 16.4. The molecule has 14 heavy (non-hydrogen) atoms. The molecule has 0 aliphatic carbocycles. The fraction of sp³-hybridized carbons (Fsp3) is 0.500. The number of carboxylic acids is 2. The summed E-state index contributed by atoms with van der Waals surface area (Å²) >= 11 is 0. The van der Waals surface area contributed by atoms with E-state index in [9.17, 15) is 9.59 Å². The highest BCUT2D eigenvalue weighted by Crippen LogP contribution is 2.14. The molecule has 1 aliphatic rings. The van der Waals surface area contributed by atoms with Crippen LogP contribution >= 0.6 is 0 Å². The van der Waals surface area contributed by atoms with Gasteiger partial charge in [-0.3, -0.25) is 9.59 Å². The van der Waals surface area contributed by atoms with E-state index in [0.717, 1.165) is 0 Å². The minimum Gasteiger partial charge on any atom is -0.480 e. The number of nitrogens with zero attached hydrogens (tertiary/aromatic N) is 2. The van der Waals surface area contributed by atoms with E-state index in [4.69, 9.17) is 10.2 Å². The molecule has 6 heteroatoms. The summed E-state index contributed by atoms with van der Waals surface area (Å²) in [6.45, 7) is 1.52. The minimum absolute atomic E-state index is 0.117. The van der Waals surface area contributed by atoms with Gasteiger partial charge in [0.15, 0.2) is 0 Å². The Bertz CT molecular complexity index is 251. The van der Waals surface area contributed by atoms with Crippen LogP contribution in [0.1, 0.15) is 6.92 Å². The zero-order valence-corrected chi connectivity index (χ0v) is 7.75. The quantitative estimate of drug-likeness (QED) is 0.642. The molecule has 0 aromatic rings. The Hall–Kier alpha value is -1.72. The predicted molar refractivity (Wildman–Crippen MR) is 47.3 cm³/mol. The molecule has 6 nitrogen and oxygen atoms in total. The van der Waals surface area contributed by atoms with Crippen molar-refractivity contribution >= 4 is 11.9 Å². The summed E-state index contributed by atoms with van der Waals surface area (Å²) in [6, 6.07) is 0. The van der Waals surface area contributed by atoms with Crippen molar-refractivity contribution in [2.45, 2.75) is 13.1 Å². The molecule has 0 spiro atoms. The number of hydrogen-bond acceptors (Lipinski definition) is 4. The maximum atomic E-state index is 10.4. The average molecular weight is 200 g/mol. The van der Waals surface area contributed by atoms with Crippen LogP contribution in [0.25, 0.3) is 0 Å². The molecule has 0 atom stereocenters. The summed E-state index contributed by atoms with van der Waals surface area (Å²) in [6.07, 6.45) is 2.95. The van der Waals surface area contributed by atoms with Crippen LogP contribution in [-0.4, -0.2) is 51.2 Å². The lowest BCUT2D eigenvalue weighted by Crippen LogP contribution is -2.40. The van der Waals surface area contributed by atoms with E-state index in [2.05, 4.69) is 0 Å². The monoisotopic (exact) mass is 200 g/mol. The van der Waals surface area contributed by atoms with Crippen molar-refractivity contribution in [3.63, 3.8) is 0 Å². The second-order valence-electron chi connectivity index (χ2n) is 3.06. The largest absolute Gasteiger partial charge is 0.480 e. The molecule has 78 valence electrons. The molecule has 0 radical (unpaired) electrons. The van der Waals surface area contributed by atoms with Gasteiger partial charge in [-0.1, -0.05) is 0 Å². The van der Waals surface area contributed by atoms with Gasteiger partial charge < -0.3 is 20.0 Å². The SMILES string of the molecule is CC1N(CC(=O)O)C=CN1CC(=O)O. The fourth-order valence-corrected chi connectivity index (χ4v) is 1.29. The predicted octanol–water partition coefficient (Wildman–Crippen LogP) is -0.410. The molecular weight excluding hydrogens is 188 g/mol. The van der Waals surface area contributed by atoms with Crippen molar-refractivity contribution in [3.05, 3.63) is 12.4 Å². The molecule has 0 saturated heterocycles. The number of carboxylic acid groups (broad SMARTS) is 2. The van der Waals surface area contributed by atoms with E-state index < -0.39 is 11.9 Å². The Labute approximate surface area is 81.0 Å². The molecule has 0 aromatic carbocycles. The Kier molecular flexibility index (Phi) is 2.95. The van der Waals surface area contributed by atoms with Gasteiger partial charge in [-0.25, -0.2) is 0 Å². The van der Waals surface area contributed by atoms with Crippen molar-refractivity contribution in [2.24, 2.45) is 0 Å². The molecule has 0 saturated carbocycles. The summed E-state index contributed by atoms with van der Waals surface area (Å²) in [5, 5.41) is 17.1. The van der Waals surface area contributed by atoms with Crippen LogP contribution in [-0.2, 0) is 9.59 Å². The van der Waals surface area contributed by atoms with Gasteiger partial charge >= 0.3 is 11.9 Å². The van der Waals surface area contributed by atoms with E-state index in [-0.39, 0.29) is 19.3 Å². The molecule has 0 fully saturated rings. The van der Waals surface area contributed by atoms with E-state index in [1.54, 1.807) is 29.1 Å². The molecule has 2 N–H and O–H groups in total. The van der Waals surface area contributed by atoms with Gasteiger partial charge in [0.05, 0.1) is 6.17 Å². The van der Waals surface area contributed by atoms with Crippen molar-refractivity contribution in [1.29, 1.82) is 0 Å². The van der Waals surface area contributed by atoms with Crippen molar-refractivity contribution in [3.8, 4) is 0 Å². The topological polar surface area (TPSA) is 81.1 Å². The van der Waals surface area contributed by atoms with E-state index in [1.165, 1.54) is 0 Å². The number of hydrogen-bond donors (Lipinski definition) is 2. The highest BCUT2D eigenvalue weighted by Gasteiger charge is 2.24. The summed E-state index contributed by atoms with van der Waals surface area (Å²) in [4.78, 5) is 24.0. The van der Waals surface area contributed by atoms with Gasteiger partial charge in [0, 0.05) is 12.4 Å². The lowest BCUT2D eigenvalue weighted by molar-refractivity contribution is -0.139. The van der Waals surface area contributed by atoms with E-state index in [0.29, 0.717) is 0 Å². The standard InChI is InChI=1S/C8H12N2O4/c1-6-9(4-7(11)12)2-3-10(6)5-8(13)14/h2-3,6H,4-5H2,1H3,(H,11,12)(H,13,14). The van der Waals surface area contributed by atoms with Crippen molar-refractivity contribution < 1.29 is 19.8 Å². The van der Waals surface area contributed by atoms with Gasteiger partial charge in [-0.15, -0.1) is 0 Å². The van der Waals surface area contributed by atoms with Crippen molar-refractivity contribution in [1.82, 2.24) is 9.80 Å². The third-order valence-corrected chi connectivity index (χ3v) is 2.05. The lowest BCUT2D eigenvalue weighted by Gasteiger charge is -2.27. The van der Waals surface area contributed by atoms with Crippen LogP contribution in [0.15, 0.2) is 12.4 Å². The first-order chi connectivity index (χ1) is 6.50. The van der Waals surface area contributed by atoms with Crippen LogP contribution in [0.5, 0.6) is 0 Å².